The van der Waals surface area contributed by atoms with Crippen molar-refractivity contribution in [2.45, 2.75) is 52.6 Å². The molecule has 28 heavy (non-hydrogen) atoms. The highest BCUT2D eigenvalue weighted by Crippen LogP contribution is 2.23. The molecule has 1 saturated heterocycles. The molecule has 2 aliphatic heterocycles. The average Bonchev–Trinajstić information content (AvgIpc) is 3.07. The van der Waals surface area contributed by atoms with Gasteiger partial charge in [0.15, 0.2) is 5.82 Å². The van der Waals surface area contributed by atoms with E-state index in [1.807, 2.05) is 18.4 Å². The molecule has 154 valence electrons. The van der Waals surface area contributed by atoms with Gasteiger partial charge < -0.3 is 24.4 Å². The Bertz CT molecular complexity index is 750. The summed E-state index contributed by atoms with van der Waals surface area (Å²) in [5, 5.41) is 2.87. The van der Waals surface area contributed by atoms with Crippen LogP contribution in [-0.2, 0) is 17.7 Å². The minimum atomic E-state index is -0.346. The molecule has 0 spiro atoms. The molecule has 1 aromatic heterocycles. The molecule has 3 rings (SSSR count). The number of amides is 3. The van der Waals surface area contributed by atoms with Crippen LogP contribution in [0.3, 0.4) is 0 Å². The molecule has 9 nitrogen and oxygen atoms in total. The van der Waals surface area contributed by atoms with Crippen molar-refractivity contribution >= 4 is 17.9 Å². The maximum Gasteiger partial charge on any atom is 0.409 e. The fourth-order valence-electron chi connectivity index (χ4n) is 3.67. The van der Waals surface area contributed by atoms with Gasteiger partial charge in [-0.1, -0.05) is 0 Å². The lowest BCUT2D eigenvalue weighted by Gasteiger charge is -2.33. The Morgan fingerprint density at radius 3 is 2.39 bits per heavy atom. The number of hydrogen-bond donors (Lipinski definition) is 1. The molecule has 3 amide bonds. The van der Waals surface area contributed by atoms with E-state index in [4.69, 9.17) is 4.74 Å². The lowest BCUT2D eigenvalue weighted by atomic mass is 10.1. The summed E-state index contributed by atoms with van der Waals surface area (Å²) in [4.78, 5) is 45.3. The van der Waals surface area contributed by atoms with Gasteiger partial charge in [-0.25, -0.2) is 9.78 Å². The number of fused-ring (bicyclic) bond motifs is 1. The van der Waals surface area contributed by atoms with Gasteiger partial charge in [-0.2, -0.15) is 0 Å². The topological polar surface area (TPSA) is 96.8 Å². The quantitative estimate of drug-likeness (QED) is 0.834. The van der Waals surface area contributed by atoms with Crippen LogP contribution < -0.4 is 5.32 Å². The van der Waals surface area contributed by atoms with E-state index in [9.17, 15) is 14.4 Å². The Balaban J connectivity index is 1.76. The first-order valence-electron chi connectivity index (χ1n) is 10.0. The van der Waals surface area contributed by atoms with E-state index in [1.165, 1.54) is 0 Å². The number of imidazole rings is 1. The van der Waals surface area contributed by atoms with Crippen LogP contribution in [-0.4, -0.2) is 76.1 Å². The van der Waals surface area contributed by atoms with Crippen LogP contribution in [0, 0.1) is 0 Å². The third-order valence-electron chi connectivity index (χ3n) is 5.04. The van der Waals surface area contributed by atoms with Crippen molar-refractivity contribution in [2.75, 3.05) is 32.8 Å². The van der Waals surface area contributed by atoms with Gasteiger partial charge in [-0.3, -0.25) is 9.59 Å². The van der Waals surface area contributed by atoms with Crippen LogP contribution in [0.4, 0.5) is 4.79 Å². The van der Waals surface area contributed by atoms with E-state index in [2.05, 4.69) is 10.3 Å². The van der Waals surface area contributed by atoms with Crippen LogP contribution in [0.1, 0.15) is 60.4 Å². The summed E-state index contributed by atoms with van der Waals surface area (Å²) in [5.41, 5.74) is 1.22. The predicted molar refractivity (Wildman–Crippen MR) is 102 cm³/mol. The van der Waals surface area contributed by atoms with Crippen molar-refractivity contribution in [1.82, 2.24) is 24.7 Å². The second-order valence-electron chi connectivity index (χ2n) is 7.45. The molecule has 0 aromatic carbocycles. The van der Waals surface area contributed by atoms with Crippen LogP contribution in [0.25, 0.3) is 0 Å². The van der Waals surface area contributed by atoms with E-state index in [0.29, 0.717) is 50.8 Å². The lowest BCUT2D eigenvalue weighted by molar-refractivity contribution is 0.0565. The molecule has 9 heteroatoms. The van der Waals surface area contributed by atoms with E-state index in [0.717, 1.165) is 25.0 Å². The van der Waals surface area contributed by atoms with E-state index in [1.54, 1.807) is 16.7 Å². The lowest BCUT2D eigenvalue weighted by Crippen LogP contribution is -2.51. The standard InChI is InChI=1S/C19H29N5O4/c1-4-28-19(27)23-11-9-22(10-12-23)18(26)15-14-7-5-6-8-24(14)16(21-15)17(25)20-13(2)3/h13H,4-12H2,1-3H3,(H,20,25). The molecule has 0 atom stereocenters. The molecule has 2 aliphatic rings. The SMILES string of the molecule is CCOC(=O)N1CCN(C(=O)c2nc(C(=O)NC(C)C)n3c2CCCC3)CC1. The average molecular weight is 391 g/mol. The highest BCUT2D eigenvalue weighted by molar-refractivity contribution is 5.97. The van der Waals surface area contributed by atoms with Gasteiger partial charge >= 0.3 is 6.09 Å². The summed E-state index contributed by atoms with van der Waals surface area (Å²) in [7, 11) is 0. The third-order valence-corrected chi connectivity index (χ3v) is 5.04. The summed E-state index contributed by atoms with van der Waals surface area (Å²) < 4.78 is 6.91. The fraction of sp³-hybridized carbons (Fsp3) is 0.684. The van der Waals surface area contributed by atoms with Gasteiger partial charge in [0.05, 0.1) is 12.3 Å². The van der Waals surface area contributed by atoms with Gasteiger partial charge in [-0.05, 0) is 40.0 Å². The molecule has 1 fully saturated rings. The summed E-state index contributed by atoms with van der Waals surface area (Å²) in [5.74, 6) is -0.0982. The first-order valence-corrected chi connectivity index (χ1v) is 10.0. The number of ether oxygens (including phenoxy) is 1. The zero-order chi connectivity index (χ0) is 20.3. The Kier molecular flexibility index (Phi) is 6.21. The van der Waals surface area contributed by atoms with Crippen molar-refractivity contribution in [3.05, 3.63) is 17.2 Å². The number of nitrogens with zero attached hydrogens (tertiary/aromatic N) is 4. The number of hydrogen-bond acceptors (Lipinski definition) is 5. The first-order chi connectivity index (χ1) is 13.4. The molecule has 1 aromatic rings. The second-order valence-corrected chi connectivity index (χ2v) is 7.45. The summed E-state index contributed by atoms with van der Waals surface area (Å²) in [6.07, 6.45) is 2.35. The van der Waals surface area contributed by atoms with Crippen molar-refractivity contribution in [3.63, 3.8) is 0 Å². The number of rotatable bonds is 4. The van der Waals surface area contributed by atoms with Crippen molar-refractivity contribution in [1.29, 1.82) is 0 Å². The number of nitrogens with one attached hydrogen (secondary N) is 1. The van der Waals surface area contributed by atoms with Crippen molar-refractivity contribution < 1.29 is 19.1 Å². The van der Waals surface area contributed by atoms with Crippen LogP contribution in [0.5, 0.6) is 0 Å². The van der Waals surface area contributed by atoms with Gasteiger partial charge in [0.2, 0.25) is 0 Å². The van der Waals surface area contributed by atoms with Gasteiger partial charge in [-0.15, -0.1) is 0 Å². The zero-order valence-corrected chi connectivity index (χ0v) is 16.9. The molecule has 0 bridgehead atoms. The maximum absolute atomic E-state index is 13.1. The Hall–Kier alpha value is -2.58. The van der Waals surface area contributed by atoms with Crippen molar-refractivity contribution in [2.24, 2.45) is 0 Å². The Morgan fingerprint density at radius 2 is 1.75 bits per heavy atom. The molecule has 3 heterocycles. The smallest absolute Gasteiger partial charge is 0.409 e. The molecule has 1 N–H and O–H groups in total. The highest BCUT2D eigenvalue weighted by Gasteiger charge is 2.32. The van der Waals surface area contributed by atoms with Crippen molar-refractivity contribution in [3.8, 4) is 0 Å². The molecular formula is C19H29N5O4. The zero-order valence-electron chi connectivity index (χ0n) is 16.9. The maximum atomic E-state index is 13.1. The minimum absolute atomic E-state index is 0.000791. The largest absolute Gasteiger partial charge is 0.450 e. The Labute approximate surface area is 165 Å². The number of carbonyl (C=O) groups is 3. The predicted octanol–water partition coefficient (Wildman–Crippen LogP) is 1.27. The number of carbonyl (C=O) groups excluding carboxylic acids is 3. The number of aromatic nitrogens is 2. The van der Waals surface area contributed by atoms with Crippen LogP contribution >= 0.6 is 0 Å². The molecule has 0 saturated carbocycles. The van der Waals surface area contributed by atoms with Gasteiger partial charge in [0.1, 0.15) is 5.69 Å². The molecular weight excluding hydrogens is 362 g/mol. The van der Waals surface area contributed by atoms with E-state index in [-0.39, 0.29) is 23.9 Å². The molecule has 0 aliphatic carbocycles. The third kappa shape index (κ3) is 4.13. The number of piperazine rings is 1. The fourth-order valence-corrected chi connectivity index (χ4v) is 3.67. The summed E-state index contributed by atoms with van der Waals surface area (Å²) in [6, 6.07) is -0.000791. The highest BCUT2D eigenvalue weighted by atomic mass is 16.6. The first kappa shape index (κ1) is 20.2. The molecule has 0 radical (unpaired) electrons. The van der Waals surface area contributed by atoms with Crippen LogP contribution in [0.15, 0.2) is 0 Å². The molecule has 0 unspecified atom stereocenters. The van der Waals surface area contributed by atoms with E-state index < -0.39 is 0 Å². The second kappa shape index (κ2) is 8.62. The summed E-state index contributed by atoms with van der Waals surface area (Å²) in [6.45, 7) is 8.32. The Morgan fingerprint density at radius 1 is 1.07 bits per heavy atom. The van der Waals surface area contributed by atoms with Gasteiger partial charge in [0.25, 0.3) is 11.8 Å². The van der Waals surface area contributed by atoms with E-state index >= 15 is 0 Å². The minimum Gasteiger partial charge on any atom is -0.450 e. The van der Waals surface area contributed by atoms with Crippen LogP contribution in [0.2, 0.25) is 0 Å². The monoisotopic (exact) mass is 391 g/mol. The van der Waals surface area contributed by atoms with Gasteiger partial charge in [0, 0.05) is 38.8 Å². The normalized spacial score (nSPS) is 16.7. The summed E-state index contributed by atoms with van der Waals surface area (Å²) >= 11 is 0.